The van der Waals surface area contributed by atoms with Crippen molar-refractivity contribution in [3.63, 3.8) is 0 Å². The second-order valence-corrected chi connectivity index (χ2v) is 3.42. The first-order valence-corrected chi connectivity index (χ1v) is 4.35. The van der Waals surface area contributed by atoms with Gasteiger partial charge in [-0.3, -0.25) is 4.40 Å². The third-order valence-electron chi connectivity index (χ3n) is 2.10. The van der Waals surface area contributed by atoms with Gasteiger partial charge in [0.05, 0.1) is 5.69 Å². The van der Waals surface area contributed by atoms with E-state index in [-0.39, 0.29) is 0 Å². The van der Waals surface area contributed by atoms with Crippen LogP contribution in [0.3, 0.4) is 0 Å². The maximum Gasteiger partial charge on any atom is 0.181 e. The van der Waals surface area contributed by atoms with Crippen molar-refractivity contribution in [2.75, 3.05) is 5.73 Å². The Bertz CT molecular complexity index is 474. The van der Waals surface area contributed by atoms with Gasteiger partial charge in [-0.15, -0.1) is 12.6 Å². The fourth-order valence-electron chi connectivity index (χ4n) is 1.29. The molecule has 0 fully saturated rings. The van der Waals surface area contributed by atoms with Gasteiger partial charge in [0.15, 0.2) is 11.5 Å². The highest BCUT2D eigenvalue weighted by Gasteiger charge is 2.07. The molecule has 4 nitrogen and oxygen atoms in total. The van der Waals surface area contributed by atoms with Gasteiger partial charge in [0.1, 0.15) is 5.03 Å². The molecule has 13 heavy (non-hydrogen) atoms. The van der Waals surface area contributed by atoms with Gasteiger partial charge < -0.3 is 5.73 Å². The van der Waals surface area contributed by atoms with E-state index >= 15 is 0 Å². The van der Waals surface area contributed by atoms with E-state index in [2.05, 4.69) is 22.6 Å². The van der Waals surface area contributed by atoms with Crippen LogP contribution in [0.25, 0.3) is 5.65 Å². The van der Waals surface area contributed by atoms with Crippen molar-refractivity contribution < 1.29 is 0 Å². The van der Waals surface area contributed by atoms with Crippen molar-refractivity contribution in [2.45, 2.75) is 18.9 Å². The van der Waals surface area contributed by atoms with Gasteiger partial charge >= 0.3 is 0 Å². The fourth-order valence-corrected chi connectivity index (χ4v) is 1.50. The maximum absolute atomic E-state index is 5.71. The molecule has 0 unspecified atom stereocenters. The summed E-state index contributed by atoms with van der Waals surface area (Å²) < 4.78 is 1.90. The molecule has 2 heterocycles. The van der Waals surface area contributed by atoms with Gasteiger partial charge in [0, 0.05) is 11.9 Å². The zero-order valence-electron chi connectivity index (χ0n) is 7.44. The van der Waals surface area contributed by atoms with Gasteiger partial charge in [-0.1, -0.05) is 0 Å². The van der Waals surface area contributed by atoms with E-state index in [4.69, 9.17) is 5.73 Å². The Labute approximate surface area is 81.2 Å². The van der Waals surface area contributed by atoms with Crippen LogP contribution in [0.4, 0.5) is 5.82 Å². The number of aromatic nitrogens is 3. The summed E-state index contributed by atoms with van der Waals surface area (Å²) in [5.74, 6) is 0.448. The van der Waals surface area contributed by atoms with Gasteiger partial charge in [0.2, 0.25) is 0 Å². The Morgan fingerprint density at radius 3 is 2.77 bits per heavy atom. The van der Waals surface area contributed by atoms with Crippen LogP contribution in [0.5, 0.6) is 0 Å². The highest BCUT2D eigenvalue weighted by molar-refractivity contribution is 7.80. The van der Waals surface area contributed by atoms with E-state index in [1.54, 1.807) is 0 Å². The molecule has 2 aromatic heterocycles. The lowest BCUT2D eigenvalue weighted by molar-refractivity contribution is 1.00. The molecule has 0 bridgehead atoms. The molecule has 2 rings (SSSR count). The van der Waals surface area contributed by atoms with Crippen LogP contribution >= 0.6 is 12.6 Å². The molecule has 2 aromatic rings. The monoisotopic (exact) mass is 194 g/mol. The first kappa shape index (κ1) is 8.37. The number of imidazole rings is 1. The quantitative estimate of drug-likeness (QED) is 0.620. The van der Waals surface area contributed by atoms with Gasteiger partial charge in [-0.05, 0) is 13.8 Å². The van der Waals surface area contributed by atoms with E-state index in [1.165, 1.54) is 0 Å². The lowest BCUT2D eigenvalue weighted by atomic mass is 10.3. The topological polar surface area (TPSA) is 56.2 Å². The molecule has 5 heteroatoms. The molecule has 2 N–H and O–H groups in total. The van der Waals surface area contributed by atoms with E-state index in [0.717, 1.165) is 11.4 Å². The molecule has 0 spiro atoms. The first-order valence-electron chi connectivity index (χ1n) is 3.90. The highest BCUT2D eigenvalue weighted by atomic mass is 32.1. The molecule has 0 saturated carbocycles. The van der Waals surface area contributed by atoms with Crippen LogP contribution in [0.15, 0.2) is 11.2 Å². The standard InChI is InChI=1S/C8H10N4S/c1-4-5(2)12-3-6(13)11-8(12)7(9)10-4/h3,13H,1-2H3,(H2,9,10). The number of hydrogen-bond donors (Lipinski definition) is 2. The fraction of sp³-hybridized carbons (Fsp3) is 0.250. The van der Waals surface area contributed by atoms with E-state index < -0.39 is 0 Å². The van der Waals surface area contributed by atoms with Crippen LogP contribution in [0.2, 0.25) is 0 Å². The van der Waals surface area contributed by atoms with E-state index in [1.807, 2.05) is 24.4 Å². The third-order valence-corrected chi connectivity index (χ3v) is 2.31. The molecule has 68 valence electrons. The van der Waals surface area contributed by atoms with Crippen LogP contribution < -0.4 is 5.73 Å². The van der Waals surface area contributed by atoms with Crippen molar-refractivity contribution in [1.82, 2.24) is 14.4 Å². The molecule has 0 atom stereocenters. The van der Waals surface area contributed by atoms with Crippen LogP contribution in [-0.4, -0.2) is 14.4 Å². The normalized spacial score (nSPS) is 11.0. The van der Waals surface area contributed by atoms with Crippen molar-refractivity contribution in [3.8, 4) is 0 Å². The molecule has 0 aliphatic heterocycles. The Morgan fingerprint density at radius 1 is 1.38 bits per heavy atom. The molecular weight excluding hydrogens is 184 g/mol. The molecule has 0 aromatic carbocycles. The lowest BCUT2D eigenvalue weighted by Gasteiger charge is -2.04. The second kappa shape index (κ2) is 2.63. The summed E-state index contributed by atoms with van der Waals surface area (Å²) in [5, 5.41) is 0.655. The summed E-state index contributed by atoms with van der Waals surface area (Å²) >= 11 is 4.16. The molecule has 0 amide bonds. The van der Waals surface area contributed by atoms with E-state index in [9.17, 15) is 0 Å². The summed E-state index contributed by atoms with van der Waals surface area (Å²) in [5.41, 5.74) is 8.34. The Morgan fingerprint density at radius 2 is 2.08 bits per heavy atom. The number of aryl methyl sites for hydroxylation is 2. The van der Waals surface area contributed by atoms with Crippen LogP contribution in [0, 0.1) is 13.8 Å². The molecule has 0 aliphatic rings. The molecule has 0 saturated heterocycles. The summed E-state index contributed by atoms with van der Waals surface area (Å²) in [7, 11) is 0. The number of anilines is 1. The second-order valence-electron chi connectivity index (χ2n) is 2.96. The predicted molar refractivity (Wildman–Crippen MR) is 54.1 cm³/mol. The molecule has 0 radical (unpaired) electrons. The minimum atomic E-state index is 0.448. The average molecular weight is 194 g/mol. The third kappa shape index (κ3) is 1.16. The minimum Gasteiger partial charge on any atom is -0.381 e. The average Bonchev–Trinajstić information content (AvgIpc) is 2.44. The summed E-state index contributed by atoms with van der Waals surface area (Å²) in [4.78, 5) is 8.33. The zero-order chi connectivity index (χ0) is 9.59. The molecular formula is C8H10N4S. The van der Waals surface area contributed by atoms with E-state index in [0.29, 0.717) is 16.5 Å². The summed E-state index contributed by atoms with van der Waals surface area (Å²) in [6, 6.07) is 0. The number of fused-ring (bicyclic) bond motifs is 1. The minimum absolute atomic E-state index is 0.448. The largest absolute Gasteiger partial charge is 0.381 e. The summed E-state index contributed by atoms with van der Waals surface area (Å²) in [6.45, 7) is 3.90. The first-order chi connectivity index (χ1) is 6.09. The Balaban J connectivity index is 2.95. The lowest BCUT2D eigenvalue weighted by Crippen LogP contribution is -2.02. The van der Waals surface area contributed by atoms with Gasteiger partial charge in [-0.2, -0.15) is 0 Å². The Hall–Kier alpha value is -1.23. The Kier molecular flexibility index (Phi) is 1.69. The summed E-state index contributed by atoms with van der Waals surface area (Å²) in [6.07, 6.45) is 1.83. The number of thiol groups is 1. The number of nitrogen functional groups attached to an aromatic ring is 1. The van der Waals surface area contributed by atoms with Crippen LogP contribution in [-0.2, 0) is 0 Å². The van der Waals surface area contributed by atoms with Gasteiger partial charge in [-0.25, -0.2) is 9.97 Å². The smallest absolute Gasteiger partial charge is 0.181 e. The maximum atomic E-state index is 5.71. The number of nitrogens with two attached hydrogens (primary N) is 1. The molecule has 0 aliphatic carbocycles. The van der Waals surface area contributed by atoms with Gasteiger partial charge in [0.25, 0.3) is 0 Å². The van der Waals surface area contributed by atoms with Crippen molar-refractivity contribution in [2.24, 2.45) is 0 Å². The van der Waals surface area contributed by atoms with Crippen molar-refractivity contribution >= 4 is 24.1 Å². The van der Waals surface area contributed by atoms with Crippen LogP contribution in [0.1, 0.15) is 11.4 Å². The predicted octanol–water partition coefficient (Wildman–Crippen LogP) is 1.22. The number of nitrogens with zero attached hydrogens (tertiary/aromatic N) is 3. The number of rotatable bonds is 0. The highest BCUT2D eigenvalue weighted by Crippen LogP contribution is 2.17. The zero-order valence-corrected chi connectivity index (χ0v) is 8.34. The van der Waals surface area contributed by atoms with Crippen molar-refractivity contribution in [3.05, 3.63) is 17.6 Å². The van der Waals surface area contributed by atoms with Crippen molar-refractivity contribution in [1.29, 1.82) is 0 Å². The SMILES string of the molecule is Cc1nc(N)c2nc(S)cn2c1C. The number of hydrogen-bond acceptors (Lipinski definition) is 4.